The minimum absolute atomic E-state index is 0.0196. The first-order valence-electron chi connectivity index (χ1n) is 10.2. The molecular formula is C24H24F3NO5. The van der Waals surface area contributed by atoms with Crippen LogP contribution < -0.4 is 14.2 Å². The van der Waals surface area contributed by atoms with Crippen LogP contribution in [0.5, 0.6) is 17.2 Å². The summed E-state index contributed by atoms with van der Waals surface area (Å²) in [7, 11) is 1.33. The van der Waals surface area contributed by atoms with E-state index >= 15 is 0 Å². The Balaban J connectivity index is 1.71. The van der Waals surface area contributed by atoms with Crippen LogP contribution in [0.4, 0.5) is 13.2 Å². The Morgan fingerprint density at radius 1 is 1.06 bits per heavy atom. The zero-order valence-electron chi connectivity index (χ0n) is 18.4. The van der Waals surface area contributed by atoms with Gasteiger partial charge >= 0.3 is 6.18 Å². The number of carbonyl (C=O) groups is 1. The number of nitrogens with zero attached hydrogens (tertiary/aromatic N) is 1. The van der Waals surface area contributed by atoms with Crippen molar-refractivity contribution in [2.45, 2.75) is 39.0 Å². The maximum Gasteiger partial charge on any atom is 0.422 e. The summed E-state index contributed by atoms with van der Waals surface area (Å²) in [5.41, 5.74) is 1.58. The van der Waals surface area contributed by atoms with Gasteiger partial charge in [0.2, 0.25) is 5.89 Å². The van der Waals surface area contributed by atoms with E-state index in [1.807, 2.05) is 38.1 Å². The van der Waals surface area contributed by atoms with Gasteiger partial charge in [-0.1, -0.05) is 18.2 Å². The largest absolute Gasteiger partial charge is 0.493 e. The fraction of sp³-hybridized carbons (Fsp3) is 0.333. The topological polar surface area (TPSA) is 70.8 Å². The Kier molecular flexibility index (Phi) is 7.63. The molecule has 0 fully saturated rings. The lowest BCUT2D eigenvalue weighted by atomic mass is 10.0. The molecular weight excluding hydrogens is 439 g/mol. The van der Waals surface area contributed by atoms with Gasteiger partial charge in [0.05, 0.1) is 25.3 Å². The molecule has 0 spiro atoms. The number of para-hydroxylation sites is 1. The smallest absolute Gasteiger partial charge is 0.422 e. The molecule has 0 N–H and O–H groups in total. The average Bonchev–Trinajstić information content (AvgIpc) is 3.21. The van der Waals surface area contributed by atoms with Crippen molar-refractivity contribution in [2.75, 3.05) is 13.7 Å². The minimum atomic E-state index is -4.49. The first kappa shape index (κ1) is 24.2. The first-order valence-corrected chi connectivity index (χ1v) is 10.2. The van der Waals surface area contributed by atoms with E-state index in [9.17, 15) is 18.0 Å². The molecule has 33 heavy (non-hydrogen) atoms. The Bertz CT molecular complexity index is 1090. The van der Waals surface area contributed by atoms with E-state index in [0.717, 1.165) is 5.56 Å². The highest BCUT2D eigenvalue weighted by molar-refractivity contribution is 5.83. The third-order valence-electron chi connectivity index (χ3n) is 4.45. The van der Waals surface area contributed by atoms with E-state index in [2.05, 4.69) is 4.98 Å². The summed E-state index contributed by atoms with van der Waals surface area (Å²) in [6.07, 6.45) is -2.95. The number of benzene rings is 2. The molecule has 1 heterocycles. The monoisotopic (exact) mass is 463 g/mol. The minimum Gasteiger partial charge on any atom is -0.493 e. The second-order valence-corrected chi connectivity index (χ2v) is 7.58. The Hall–Kier alpha value is -3.49. The van der Waals surface area contributed by atoms with Crippen LogP contribution in [-0.2, 0) is 17.6 Å². The van der Waals surface area contributed by atoms with Crippen molar-refractivity contribution in [3.8, 4) is 28.7 Å². The van der Waals surface area contributed by atoms with Crippen molar-refractivity contribution in [2.24, 2.45) is 0 Å². The summed E-state index contributed by atoms with van der Waals surface area (Å²) in [6, 6.07) is 11.7. The highest BCUT2D eigenvalue weighted by atomic mass is 19.4. The molecule has 0 bridgehead atoms. The number of hydrogen-bond donors (Lipinski definition) is 0. The van der Waals surface area contributed by atoms with Crippen molar-refractivity contribution >= 4 is 5.78 Å². The second-order valence-electron chi connectivity index (χ2n) is 7.58. The van der Waals surface area contributed by atoms with E-state index in [-0.39, 0.29) is 42.1 Å². The Labute approximate surface area is 189 Å². The van der Waals surface area contributed by atoms with Gasteiger partial charge in [0.1, 0.15) is 17.8 Å². The van der Waals surface area contributed by atoms with Crippen LogP contribution in [0.3, 0.4) is 0 Å². The van der Waals surface area contributed by atoms with Crippen LogP contribution in [0.1, 0.15) is 25.1 Å². The Morgan fingerprint density at radius 3 is 2.52 bits per heavy atom. The molecule has 3 aromatic rings. The molecule has 0 unspecified atom stereocenters. The van der Waals surface area contributed by atoms with E-state index in [4.69, 9.17) is 18.6 Å². The van der Waals surface area contributed by atoms with Gasteiger partial charge in [-0.15, -0.1) is 0 Å². The maximum absolute atomic E-state index is 12.6. The number of ether oxygens (including phenoxy) is 3. The zero-order valence-corrected chi connectivity index (χ0v) is 18.4. The summed E-state index contributed by atoms with van der Waals surface area (Å²) in [5.74, 6) is 0.780. The number of rotatable bonds is 10. The van der Waals surface area contributed by atoms with Crippen LogP contribution in [0.2, 0.25) is 0 Å². The van der Waals surface area contributed by atoms with Gasteiger partial charge in [0.15, 0.2) is 18.1 Å². The summed E-state index contributed by atoms with van der Waals surface area (Å²) in [4.78, 5) is 16.9. The number of halogens is 3. The van der Waals surface area contributed by atoms with Gasteiger partial charge in [-0.2, -0.15) is 13.2 Å². The predicted octanol–water partition coefficient (Wildman–Crippen LogP) is 5.43. The van der Waals surface area contributed by atoms with E-state index in [1.165, 1.54) is 25.5 Å². The predicted molar refractivity (Wildman–Crippen MR) is 115 cm³/mol. The molecule has 0 amide bonds. The Morgan fingerprint density at radius 2 is 1.82 bits per heavy atom. The molecule has 176 valence electrons. The van der Waals surface area contributed by atoms with Gasteiger partial charge in [0, 0.05) is 17.5 Å². The number of ketones is 1. The summed E-state index contributed by atoms with van der Waals surface area (Å²) < 4.78 is 58.7. The van der Waals surface area contributed by atoms with Gasteiger partial charge in [0.25, 0.3) is 0 Å². The third kappa shape index (κ3) is 7.00. The number of aromatic nitrogens is 1. The van der Waals surface area contributed by atoms with Crippen molar-refractivity contribution < 1.29 is 36.6 Å². The molecule has 0 aliphatic rings. The van der Waals surface area contributed by atoms with Crippen LogP contribution in [-0.4, -0.2) is 36.8 Å². The fourth-order valence-corrected chi connectivity index (χ4v) is 3.10. The number of Topliss-reactive ketones (excluding diaryl/α,β-unsaturated/α-hetero) is 1. The van der Waals surface area contributed by atoms with Gasteiger partial charge in [-0.25, -0.2) is 4.98 Å². The number of alkyl halides is 3. The molecule has 0 radical (unpaired) electrons. The summed E-state index contributed by atoms with van der Waals surface area (Å²) in [5, 5.41) is 0. The summed E-state index contributed by atoms with van der Waals surface area (Å²) in [6.45, 7) is 2.36. The molecule has 6 nitrogen and oxygen atoms in total. The molecule has 9 heteroatoms. The quantitative estimate of drug-likeness (QED) is 0.399. The van der Waals surface area contributed by atoms with Gasteiger partial charge < -0.3 is 18.6 Å². The van der Waals surface area contributed by atoms with Gasteiger partial charge in [-0.05, 0) is 38.1 Å². The highest BCUT2D eigenvalue weighted by Gasteiger charge is 2.29. The molecule has 0 aliphatic carbocycles. The number of methoxy groups -OCH3 is 1. The van der Waals surface area contributed by atoms with E-state index in [1.54, 1.807) is 6.07 Å². The average molecular weight is 463 g/mol. The van der Waals surface area contributed by atoms with Gasteiger partial charge in [-0.3, -0.25) is 4.79 Å². The lowest BCUT2D eigenvalue weighted by Crippen LogP contribution is -2.19. The van der Waals surface area contributed by atoms with Crippen LogP contribution in [0, 0.1) is 0 Å². The number of carbonyl (C=O) groups excluding carboxylic acids is 1. The standard InChI is InChI=1S/C24H24F3NO5/c1-15(2)33-20-7-5-4-6-16(20)10-19(29)12-18-13-31-23(28-18)17-8-9-21(30-3)22(11-17)32-14-24(25,26)27/h4-9,11,13,15H,10,12,14H2,1-3H3. The van der Waals surface area contributed by atoms with Crippen molar-refractivity contribution in [1.29, 1.82) is 0 Å². The molecule has 2 aromatic carbocycles. The number of hydrogen-bond acceptors (Lipinski definition) is 6. The maximum atomic E-state index is 12.6. The van der Waals surface area contributed by atoms with E-state index in [0.29, 0.717) is 17.0 Å². The highest BCUT2D eigenvalue weighted by Crippen LogP contribution is 2.33. The molecule has 0 aliphatic heterocycles. The van der Waals surface area contributed by atoms with Crippen LogP contribution >= 0.6 is 0 Å². The molecule has 0 saturated carbocycles. The van der Waals surface area contributed by atoms with Crippen molar-refractivity contribution in [3.63, 3.8) is 0 Å². The zero-order chi connectivity index (χ0) is 24.0. The van der Waals surface area contributed by atoms with Crippen LogP contribution in [0.25, 0.3) is 11.5 Å². The first-order chi connectivity index (χ1) is 15.6. The number of oxazole rings is 1. The second kappa shape index (κ2) is 10.4. The summed E-state index contributed by atoms with van der Waals surface area (Å²) >= 11 is 0. The van der Waals surface area contributed by atoms with Crippen LogP contribution in [0.15, 0.2) is 53.1 Å². The lowest BCUT2D eigenvalue weighted by molar-refractivity contribution is -0.153. The third-order valence-corrected chi connectivity index (χ3v) is 4.45. The fourth-order valence-electron chi connectivity index (χ4n) is 3.10. The SMILES string of the molecule is COc1ccc(-c2nc(CC(=O)Cc3ccccc3OC(C)C)co2)cc1OCC(F)(F)F. The molecule has 0 atom stereocenters. The van der Waals surface area contributed by atoms with E-state index < -0.39 is 12.8 Å². The molecule has 0 saturated heterocycles. The molecule has 1 aromatic heterocycles. The van der Waals surface area contributed by atoms with Crippen molar-refractivity contribution in [3.05, 3.63) is 60.0 Å². The lowest BCUT2D eigenvalue weighted by Gasteiger charge is -2.13. The normalized spacial score (nSPS) is 11.5. The molecule has 3 rings (SSSR count). The van der Waals surface area contributed by atoms with Crippen molar-refractivity contribution in [1.82, 2.24) is 4.98 Å².